The fourth-order valence-corrected chi connectivity index (χ4v) is 3.58. The van der Waals surface area contributed by atoms with E-state index in [4.69, 9.17) is 9.47 Å². The van der Waals surface area contributed by atoms with Crippen molar-refractivity contribution in [2.24, 2.45) is 5.92 Å². The fourth-order valence-electron chi connectivity index (χ4n) is 3.58. The molecule has 1 saturated heterocycles. The molecular weight excluding hydrogens is 354 g/mol. The quantitative estimate of drug-likeness (QED) is 0.795. The molecule has 1 unspecified atom stereocenters. The van der Waals surface area contributed by atoms with E-state index in [0.717, 1.165) is 24.3 Å². The van der Waals surface area contributed by atoms with Crippen LogP contribution >= 0.6 is 0 Å². The first-order chi connectivity index (χ1) is 13.6. The number of methoxy groups -OCH3 is 2. The predicted molar refractivity (Wildman–Crippen MR) is 110 cm³/mol. The van der Waals surface area contributed by atoms with Crippen molar-refractivity contribution >= 4 is 11.6 Å². The second-order valence-electron chi connectivity index (χ2n) is 7.29. The molecule has 0 radical (unpaired) electrons. The lowest BCUT2D eigenvalue weighted by atomic mass is 10.00. The molecule has 1 aromatic carbocycles. The van der Waals surface area contributed by atoms with Gasteiger partial charge in [0, 0.05) is 19.6 Å². The van der Waals surface area contributed by atoms with Crippen molar-refractivity contribution < 1.29 is 14.3 Å². The van der Waals surface area contributed by atoms with E-state index in [-0.39, 0.29) is 5.91 Å². The molecule has 2 heterocycles. The van der Waals surface area contributed by atoms with Gasteiger partial charge in [0.25, 0.3) is 5.91 Å². The molecule has 1 aliphatic rings. The Balaban J connectivity index is 1.52. The van der Waals surface area contributed by atoms with Gasteiger partial charge in [0.2, 0.25) is 0 Å². The molecule has 1 fully saturated rings. The van der Waals surface area contributed by atoms with Crippen LogP contribution in [0.2, 0.25) is 0 Å². The Morgan fingerprint density at radius 3 is 2.71 bits per heavy atom. The summed E-state index contributed by atoms with van der Waals surface area (Å²) < 4.78 is 10.6. The van der Waals surface area contributed by atoms with Crippen molar-refractivity contribution in [1.29, 1.82) is 0 Å². The number of amides is 1. The Hall–Kier alpha value is -2.76. The van der Waals surface area contributed by atoms with Gasteiger partial charge in [0.05, 0.1) is 26.1 Å². The van der Waals surface area contributed by atoms with Crippen molar-refractivity contribution in [3.8, 4) is 11.5 Å². The summed E-state index contributed by atoms with van der Waals surface area (Å²) in [5.41, 5.74) is 2.61. The summed E-state index contributed by atoms with van der Waals surface area (Å²) in [4.78, 5) is 19.1. The molecule has 2 aromatic rings. The zero-order valence-electron chi connectivity index (χ0n) is 16.9. The van der Waals surface area contributed by atoms with Crippen molar-refractivity contribution in [3.05, 3.63) is 47.8 Å². The second kappa shape index (κ2) is 9.44. The minimum Gasteiger partial charge on any atom is -0.493 e. The standard InChI is InChI=1S/C22H29N3O3/c1-16-5-4-12-25(15-16)18-7-8-19(24-14-18)22(26)23-11-10-17-6-9-20(27-2)21(13-17)28-3/h6-9,13-14,16H,4-5,10-12,15H2,1-3H3,(H,23,26). The molecule has 0 spiro atoms. The highest BCUT2D eigenvalue weighted by Gasteiger charge is 2.17. The number of nitrogens with zero attached hydrogens (tertiary/aromatic N) is 2. The molecule has 1 aliphatic heterocycles. The molecule has 6 heteroatoms. The summed E-state index contributed by atoms with van der Waals surface area (Å²) in [7, 11) is 3.23. The molecule has 1 N–H and O–H groups in total. The lowest BCUT2D eigenvalue weighted by Crippen LogP contribution is -2.34. The van der Waals surface area contributed by atoms with Crippen LogP contribution < -0.4 is 19.7 Å². The first-order valence-electron chi connectivity index (χ1n) is 9.81. The van der Waals surface area contributed by atoms with E-state index in [1.807, 2.05) is 24.3 Å². The first-order valence-corrected chi connectivity index (χ1v) is 9.81. The number of rotatable bonds is 7. The van der Waals surface area contributed by atoms with E-state index >= 15 is 0 Å². The number of hydrogen-bond acceptors (Lipinski definition) is 5. The van der Waals surface area contributed by atoms with Crippen LogP contribution in [0.3, 0.4) is 0 Å². The Labute approximate surface area is 166 Å². The molecule has 6 nitrogen and oxygen atoms in total. The van der Waals surface area contributed by atoms with Gasteiger partial charge in [-0.2, -0.15) is 0 Å². The van der Waals surface area contributed by atoms with E-state index in [9.17, 15) is 4.79 Å². The van der Waals surface area contributed by atoms with Crippen molar-refractivity contribution in [2.75, 3.05) is 38.8 Å². The molecule has 28 heavy (non-hydrogen) atoms. The molecule has 0 saturated carbocycles. The number of aromatic nitrogens is 1. The summed E-state index contributed by atoms with van der Waals surface area (Å²) in [6.07, 6.45) is 5.00. The maximum Gasteiger partial charge on any atom is 0.269 e. The average molecular weight is 383 g/mol. The first kappa shape index (κ1) is 20.0. The predicted octanol–water partition coefficient (Wildman–Crippen LogP) is 3.31. The van der Waals surface area contributed by atoms with E-state index in [0.29, 0.717) is 36.1 Å². The van der Waals surface area contributed by atoms with E-state index in [2.05, 4.69) is 22.1 Å². The maximum atomic E-state index is 12.4. The van der Waals surface area contributed by atoms with Gasteiger partial charge in [-0.25, -0.2) is 4.98 Å². The van der Waals surface area contributed by atoms with Crippen LogP contribution in [0.5, 0.6) is 11.5 Å². The van der Waals surface area contributed by atoms with Crippen molar-refractivity contribution in [2.45, 2.75) is 26.2 Å². The number of pyridine rings is 1. The topological polar surface area (TPSA) is 63.7 Å². The number of hydrogen-bond donors (Lipinski definition) is 1. The lowest BCUT2D eigenvalue weighted by Gasteiger charge is -2.32. The van der Waals surface area contributed by atoms with Crippen LogP contribution in [-0.4, -0.2) is 44.7 Å². The Morgan fingerprint density at radius 2 is 2.04 bits per heavy atom. The molecule has 3 rings (SSSR count). The molecule has 0 aliphatic carbocycles. The zero-order chi connectivity index (χ0) is 19.9. The van der Waals surface area contributed by atoms with Gasteiger partial charge in [-0.05, 0) is 55.0 Å². The summed E-state index contributed by atoms with van der Waals surface area (Å²) in [5.74, 6) is 1.94. The summed E-state index contributed by atoms with van der Waals surface area (Å²) in [5, 5.41) is 2.93. The number of anilines is 1. The largest absolute Gasteiger partial charge is 0.493 e. The summed E-state index contributed by atoms with van der Waals surface area (Å²) in [6.45, 7) is 4.92. The normalized spacial score (nSPS) is 16.5. The van der Waals surface area contributed by atoms with Gasteiger partial charge in [-0.15, -0.1) is 0 Å². The zero-order valence-corrected chi connectivity index (χ0v) is 16.9. The van der Waals surface area contributed by atoms with Gasteiger partial charge in [0.1, 0.15) is 5.69 Å². The average Bonchev–Trinajstić information content (AvgIpc) is 2.73. The summed E-state index contributed by atoms with van der Waals surface area (Å²) in [6, 6.07) is 9.57. The Kier molecular flexibility index (Phi) is 6.74. The third kappa shape index (κ3) is 4.94. The fraction of sp³-hybridized carbons (Fsp3) is 0.455. The number of nitrogens with one attached hydrogen (secondary N) is 1. The van der Waals surface area contributed by atoms with Crippen LogP contribution in [0.1, 0.15) is 35.8 Å². The lowest BCUT2D eigenvalue weighted by molar-refractivity contribution is 0.0949. The van der Waals surface area contributed by atoms with Gasteiger partial charge in [-0.1, -0.05) is 13.0 Å². The van der Waals surface area contributed by atoms with E-state index < -0.39 is 0 Å². The van der Waals surface area contributed by atoms with Crippen molar-refractivity contribution in [1.82, 2.24) is 10.3 Å². The van der Waals surface area contributed by atoms with Crippen LogP contribution in [-0.2, 0) is 6.42 Å². The Morgan fingerprint density at radius 1 is 1.21 bits per heavy atom. The molecule has 1 aromatic heterocycles. The maximum absolute atomic E-state index is 12.4. The van der Waals surface area contributed by atoms with E-state index in [1.54, 1.807) is 26.5 Å². The number of benzene rings is 1. The molecule has 1 atom stereocenters. The van der Waals surface area contributed by atoms with Crippen molar-refractivity contribution in [3.63, 3.8) is 0 Å². The monoisotopic (exact) mass is 383 g/mol. The second-order valence-corrected chi connectivity index (χ2v) is 7.29. The number of ether oxygens (including phenoxy) is 2. The van der Waals surface area contributed by atoms with Crippen LogP contribution in [0.25, 0.3) is 0 Å². The number of piperidine rings is 1. The molecular formula is C22H29N3O3. The number of carbonyl (C=O) groups excluding carboxylic acids is 1. The van der Waals surface area contributed by atoms with Gasteiger partial charge >= 0.3 is 0 Å². The minimum absolute atomic E-state index is 0.154. The van der Waals surface area contributed by atoms with Crippen LogP contribution in [0, 0.1) is 5.92 Å². The Bertz CT molecular complexity index is 792. The molecule has 1 amide bonds. The van der Waals surface area contributed by atoms with Crippen LogP contribution in [0.15, 0.2) is 36.5 Å². The highest BCUT2D eigenvalue weighted by atomic mass is 16.5. The van der Waals surface area contributed by atoms with Gasteiger partial charge < -0.3 is 19.7 Å². The highest BCUT2D eigenvalue weighted by Crippen LogP contribution is 2.27. The molecule has 150 valence electrons. The van der Waals surface area contributed by atoms with Crippen LogP contribution in [0.4, 0.5) is 5.69 Å². The SMILES string of the molecule is COc1ccc(CCNC(=O)c2ccc(N3CCCC(C)C3)cn2)cc1OC. The van der Waals surface area contributed by atoms with E-state index in [1.165, 1.54) is 12.8 Å². The third-order valence-electron chi connectivity index (χ3n) is 5.15. The highest BCUT2D eigenvalue weighted by molar-refractivity contribution is 5.92. The molecule has 0 bridgehead atoms. The van der Waals surface area contributed by atoms with Gasteiger partial charge in [0.15, 0.2) is 11.5 Å². The minimum atomic E-state index is -0.154. The summed E-state index contributed by atoms with van der Waals surface area (Å²) >= 11 is 0. The van der Waals surface area contributed by atoms with Gasteiger partial charge in [-0.3, -0.25) is 4.79 Å². The smallest absolute Gasteiger partial charge is 0.269 e. The third-order valence-corrected chi connectivity index (χ3v) is 5.15. The number of carbonyl (C=O) groups is 1.